The van der Waals surface area contributed by atoms with Crippen molar-refractivity contribution >= 4 is 25.2 Å². The summed E-state index contributed by atoms with van der Waals surface area (Å²) in [5.74, 6) is 0. The maximum absolute atomic E-state index is 8.69. The SMILES string of the molecule is CC[Si](C)(C)O[Si](C)(C)O[Si](C)(C)CCCOCCCO. The van der Waals surface area contributed by atoms with E-state index in [1.807, 2.05) is 0 Å². The topological polar surface area (TPSA) is 47.9 Å². The van der Waals surface area contributed by atoms with Gasteiger partial charge in [-0.25, -0.2) is 0 Å². The van der Waals surface area contributed by atoms with E-state index in [0.29, 0.717) is 6.61 Å². The maximum atomic E-state index is 8.69. The molecule has 4 nitrogen and oxygen atoms in total. The molecule has 0 aliphatic rings. The summed E-state index contributed by atoms with van der Waals surface area (Å²) < 4.78 is 18.4. The van der Waals surface area contributed by atoms with Crippen LogP contribution in [0.1, 0.15) is 19.8 Å². The third kappa shape index (κ3) is 11.7. The fourth-order valence-electron chi connectivity index (χ4n) is 2.34. The summed E-state index contributed by atoms with van der Waals surface area (Å²) in [4.78, 5) is 0. The number of aliphatic hydroxyl groups is 1. The second kappa shape index (κ2) is 9.59. The van der Waals surface area contributed by atoms with E-state index in [9.17, 15) is 0 Å². The van der Waals surface area contributed by atoms with Crippen LogP contribution in [0, 0.1) is 0 Å². The van der Waals surface area contributed by atoms with Crippen LogP contribution in [0.25, 0.3) is 0 Å². The Hall–Kier alpha value is 0.491. The molecule has 0 aromatic rings. The summed E-state index contributed by atoms with van der Waals surface area (Å²) in [5.41, 5.74) is 0. The first-order valence-corrected chi connectivity index (χ1v) is 17.2. The Kier molecular flexibility index (Phi) is 9.81. The van der Waals surface area contributed by atoms with Crippen molar-refractivity contribution < 1.29 is 18.1 Å². The molecular weight excluding hydrogens is 316 g/mol. The highest BCUT2D eigenvalue weighted by Gasteiger charge is 2.38. The van der Waals surface area contributed by atoms with Gasteiger partial charge in [0, 0.05) is 19.8 Å². The Morgan fingerprint density at radius 3 is 1.86 bits per heavy atom. The van der Waals surface area contributed by atoms with Crippen molar-refractivity contribution in [2.45, 2.75) is 71.1 Å². The lowest BCUT2D eigenvalue weighted by atomic mass is 10.5. The summed E-state index contributed by atoms with van der Waals surface area (Å²) >= 11 is 0. The van der Waals surface area contributed by atoms with E-state index in [-0.39, 0.29) is 6.61 Å². The van der Waals surface area contributed by atoms with E-state index in [4.69, 9.17) is 18.1 Å². The van der Waals surface area contributed by atoms with Crippen LogP contribution in [0.4, 0.5) is 0 Å². The molecule has 0 atom stereocenters. The maximum Gasteiger partial charge on any atom is 0.311 e. The molecule has 1 N–H and O–H groups in total. The van der Waals surface area contributed by atoms with Crippen molar-refractivity contribution in [3.63, 3.8) is 0 Å². The Morgan fingerprint density at radius 1 is 0.810 bits per heavy atom. The fraction of sp³-hybridized carbons (Fsp3) is 1.00. The zero-order valence-corrected chi connectivity index (χ0v) is 18.1. The van der Waals surface area contributed by atoms with Gasteiger partial charge in [-0.3, -0.25) is 0 Å². The molecular formula is C14H36O4Si3. The molecule has 128 valence electrons. The van der Waals surface area contributed by atoms with E-state index in [2.05, 4.69) is 46.2 Å². The van der Waals surface area contributed by atoms with Crippen LogP contribution in [0.15, 0.2) is 0 Å². The standard InChI is InChI=1S/C14H36O4Si3/c1-8-19(2,3)17-21(6,7)18-20(4,5)14-10-13-16-12-9-11-15/h15H,8-14H2,1-7H3. The monoisotopic (exact) mass is 352 g/mol. The number of hydrogen-bond donors (Lipinski definition) is 1. The Labute approximate surface area is 134 Å². The molecule has 0 radical (unpaired) electrons. The lowest BCUT2D eigenvalue weighted by Crippen LogP contribution is -2.52. The fourth-order valence-corrected chi connectivity index (χ4v) is 15.5. The molecule has 0 aliphatic heterocycles. The minimum absolute atomic E-state index is 0.206. The van der Waals surface area contributed by atoms with Gasteiger partial charge >= 0.3 is 8.56 Å². The van der Waals surface area contributed by atoms with Crippen molar-refractivity contribution in [3.05, 3.63) is 0 Å². The Bertz CT molecular complexity index is 283. The smallest absolute Gasteiger partial charge is 0.311 e. The largest absolute Gasteiger partial charge is 0.437 e. The summed E-state index contributed by atoms with van der Waals surface area (Å²) in [6.07, 6.45) is 1.76. The Morgan fingerprint density at radius 2 is 1.33 bits per heavy atom. The van der Waals surface area contributed by atoms with E-state index >= 15 is 0 Å². The average molecular weight is 353 g/mol. The van der Waals surface area contributed by atoms with Crippen molar-refractivity contribution in [3.8, 4) is 0 Å². The van der Waals surface area contributed by atoms with Crippen LogP contribution in [0.5, 0.6) is 0 Å². The molecule has 7 heteroatoms. The highest BCUT2D eigenvalue weighted by Crippen LogP contribution is 2.25. The molecule has 0 bridgehead atoms. The normalized spacial score (nSPS) is 13.7. The number of hydrogen-bond acceptors (Lipinski definition) is 4. The summed E-state index contributed by atoms with van der Waals surface area (Å²) in [6.45, 7) is 17.3. The van der Waals surface area contributed by atoms with Gasteiger partial charge in [0.15, 0.2) is 16.6 Å². The molecule has 0 aliphatic carbocycles. The second-order valence-corrected chi connectivity index (χ2v) is 19.9. The van der Waals surface area contributed by atoms with E-state index in [0.717, 1.165) is 31.5 Å². The molecule has 0 rings (SSSR count). The van der Waals surface area contributed by atoms with Crippen LogP contribution in [0.2, 0.25) is 51.4 Å². The predicted molar refractivity (Wildman–Crippen MR) is 97.0 cm³/mol. The molecule has 0 heterocycles. The minimum atomic E-state index is -2.03. The molecule has 0 aromatic carbocycles. The molecule has 0 fully saturated rings. The predicted octanol–water partition coefficient (Wildman–Crippen LogP) is 3.94. The molecule has 21 heavy (non-hydrogen) atoms. The summed E-state index contributed by atoms with van der Waals surface area (Å²) in [7, 11) is -5.27. The van der Waals surface area contributed by atoms with Crippen LogP contribution < -0.4 is 0 Å². The van der Waals surface area contributed by atoms with Crippen molar-refractivity contribution in [2.75, 3.05) is 19.8 Å². The van der Waals surface area contributed by atoms with Gasteiger partial charge in [0.2, 0.25) is 0 Å². The summed E-state index contributed by atoms with van der Waals surface area (Å²) in [5, 5.41) is 8.69. The van der Waals surface area contributed by atoms with Gasteiger partial charge in [0.05, 0.1) is 0 Å². The zero-order chi connectivity index (χ0) is 16.6. The van der Waals surface area contributed by atoms with E-state index in [1.165, 1.54) is 0 Å². The third-order valence-corrected chi connectivity index (χ3v) is 15.0. The van der Waals surface area contributed by atoms with Gasteiger partial charge in [0.1, 0.15) is 0 Å². The van der Waals surface area contributed by atoms with Crippen LogP contribution >= 0.6 is 0 Å². The van der Waals surface area contributed by atoms with Crippen LogP contribution in [0.3, 0.4) is 0 Å². The zero-order valence-electron chi connectivity index (χ0n) is 15.1. The third-order valence-electron chi connectivity index (χ3n) is 3.41. The van der Waals surface area contributed by atoms with E-state index in [1.54, 1.807) is 0 Å². The first kappa shape index (κ1) is 21.5. The van der Waals surface area contributed by atoms with Gasteiger partial charge in [-0.05, 0) is 64.2 Å². The van der Waals surface area contributed by atoms with Gasteiger partial charge in [0.25, 0.3) is 0 Å². The number of ether oxygens (including phenoxy) is 1. The van der Waals surface area contributed by atoms with Gasteiger partial charge < -0.3 is 18.1 Å². The highest BCUT2D eigenvalue weighted by atomic mass is 28.5. The molecule has 0 spiro atoms. The van der Waals surface area contributed by atoms with E-state index < -0.39 is 25.2 Å². The van der Waals surface area contributed by atoms with Gasteiger partial charge in [-0.15, -0.1) is 0 Å². The van der Waals surface area contributed by atoms with Crippen LogP contribution in [-0.2, 0) is 13.0 Å². The quantitative estimate of drug-likeness (QED) is 0.427. The van der Waals surface area contributed by atoms with Gasteiger partial charge in [-0.1, -0.05) is 6.92 Å². The number of aliphatic hydroxyl groups excluding tert-OH is 1. The molecule has 0 unspecified atom stereocenters. The average Bonchev–Trinajstić information content (AvgIpc) is 2.30. The summed E-state index contributed by atoms with van der Waals surface area (Å²) in [6, 6.07) is 2.23. The van der Waals surface area contributed by atoms with Crippen LogP contribution in [-0.4, -0.2) is 50.1 Å². The highest BCUT2D eigenvalue weighted by molar-refractivity contribution is 6.87. The van der Waals surface area contributed by atoms with Crippen molar-refractivity contribution in [1.82, 2.24) is 0 Å². The Balaban J connectivity index is 4.14. The molecule has 0 aromatic heterocycles. The lowest BCUT2D eigenvalue weighted by Gasteiger charge is -2.38. The van der Waals surface area contributed by atoms with Gasteiger partial charge in [-0.2, -0.15) is 0 Å². The van der Waals surface area contributed by atoms with Crippen molar-refractivity contribution in [1.29, 1.82) is 0 Å². The second-order valence-electron chi connectivity index (χ2n) is 7.27. The van der Waals surface area contributed by atoms with Crippen molar-refractivity contribution in [2.24, 2.45) is 0 Å². The lowest BCUT2D eigenvalue weighted by molar-refractivity contribution is 0.116. The first-order valence-electron chi connectivity index (χ1n) is 8.12. The molecule has 0 saturated carbocycles. The minimum Gasteiger partial charge on any atom is -0.437 e. The number of rotatable bonds is 12. The molecule has 0 amide bonds. The molecule has 0 saturated heterocycles. The first-order chi connectivity index (χ1) is 9.54.